The number of hydrogen-bond donors (Lipinski definition) is 3. The third-order valence-corrected chi connectivity index (χ3v) is 5.01. The van der Waals surface area contributed by atoms with Gasteiger partial charge in [0.2, 0.25) is 0 Å². The number of hydrazone groups is 1. The third-order valence-electron chi connectivity index (χ3n) is 5.01. The first-order valence-electron chi connectivity index (χ1n) is 11.4. The van der Waals surface area contributed by atoms with E-state index in [1.807, 2.05) is 32.0 Å². The average Bonchev–Trinajstić information content (AvgIpc) is 2.90. The highest BCUT2D eigenvalue weighted by atomic mass is 16.5. The lowest BCUT2D eigenvalue weighted by Crippen LogP contribution is -2.32. The second-order valence-electron chi connectivity index (χ2n) is 7.61. The van der Waals surface area contributed by atoms with Gasteiger partial charge in [0.15, 0.2) is 18.1 Å². The number of amides is 3. The van der Waals surface area contributed by atoms with Crippen LogP contribution < -0.4 is 30.3 Å². The summed E-state index contributed by atoms with van der Waals surface area (Å²) in [6.07, 6.45) is 1.29. The molecule has 10 nitrogen and oxygen atoms in total. The monoisotopic (exact) mass is 504 g/mol. The van der Waals surface area contributed by atoms with Crippen molar-refractivity contribution in [3.8, 4) is 17.2 Å². The lowest BCUT2D eigenvalue weighted by Gasteiger charge is -2.14. The van der Waals surface area contributed by atoms with E-state index in [0.29, 0.717) is 35.0 Å². The van der Waals surface area contributed by atoms with Gasteiger partial charge in [-0.15, -0.1) is 0 Å². The average molecular weight is 505 g/mol. The molecule has 0 fully saturated rings. The summed E-state index contributed by atoms with van der Waals surface area (Å²) in [4.78, 5) is 37.0. The fourth-order valence-electron chi connectivity index (χ4n) is 3.23. The van der Waals surface area contributed by atoms with Gasteiger partial charge in [-0.25, -0.2) is 5.43 Å². The quantitative estimate of drug-likeness (QED) is 0.220. The van der Waals surface area contributed by atoms with E-state index in [9.17, 15) is 14.4 Å². The van der Waals surface area contributed by atoms with Crippen LogP contribution in [0.15, 0.2) is 71.8 Å². The van der Waals surface area contributed by atoms with Crippen LogP contribution in [0.25, 0.3) is 0 Å². The van der Waals surface area contributed by atoms with Crippen LogP contribution in [-0.4, -0.2) is 44.3 Å². The van der Waals surface area contributed by atoms with Crippen LogP contribution in [0, 0.1) is 6.92 Å². The highest BCUT2D eigenvalue weighted by Gasteiger charge is 2.16. The van der Waals surface area contributed by atoms with Crippen molar-refractivity contribution in [1.82, 2.24) is 5.43 Å². The first-order valence-corrected chi connectivity index (χ1v) is 11.4. The fraction of sp³-hybridized carbons (Fsp3) is 0.185. The number of hydrogen-bond acceptors (Lipinski definition) is 7. The van der Waals surface area contributed by atoms with Crippen LogP contribution in [0.4, 0.5) is 11.4 Å². The van der Waals surface area contributed by atoms with E-state index in [4.69, 9.17) is 14.2 Å². The van der Waals surface area contributed by atoms with Crippen LogP contribution in [0.1, 0.15) is 18.1 Å². The Bertz CT molecular complexity index is 1290. The molecule has 3 aromatic carbocycles. The molecule has 0 spiro atoms. The topological polar surface area (TPSA) is 127 Å². The molecule has 0 aliphatic heterocycles. The van der Waals surface area contributed by atoms with Crippen LogP contribution in [0.5, 0.6) is 17.2 Å². The molecule has 0 radical (unpaired) electrons. The number of para-hydroxylation sites is 4. The molecule has 0 aliphatic carbocycles. The molecule has 192 valence electrons. The lowest BCUT2D eigenvalue weighted by atomic mass is 10.2. The third kappa shape index (κ3) is 7.56. The predicted molar refractivity (Wildman–Crippen MR) is 140 cm³/mol. The van der Waals surface area contributed by atoms with Crippen LogP contribution in [0.3, 0.4) is 0 Å². The molecular weight excluding hydrogens is 476 g/mol. The van der Waals surface area contributed by atoms with Crippen molar-refractivity contribution in [1.29, 1.82) is 0 Å². The summed E-state index contributed by atoms with van der Waals surface area (Å²) in [7, 11) is 1.46. The Balaban J connectivity index is 1.63. The zero-order valence-electron chi connectivity index (χ0n) is 20.7. The van der Waals surface area contributed by atoms with Gasteiger partial charge in [-0.1, -0.05) is 36.4 Å². The normalized spacial score (nSPS) is 10.5. The number of anilines is 2. The number of carbonyl (C=O) groups is 3. The number of aryl methyl sites for hydroxylation is 1. The summed E-state index contributed by atoms with van der Waals surface area (Å²) >= 11 is 0. The van der Waals surface area contributed by atoms with Crippen molar-refractivity contribution in [2.24, 2.45) is 5.10 Å². The second-order valence-corrected chi connectivity index (χ2v) is 7.61. The number of nitrogens with one attached hydrogen (secondary N) is 3. The summed E-state index contributed by atoms with van der Waals surface area (Å²) < 4.78 is 16.5. The van der Waals surface area contributed by atoms with E-state index in [1.54, 1.807) is 48.5 Å². The van der Waals surface area contributed by atoms with Gasteiger partial charge in [0.25, 0.3) is 5.91 Å². The number of rotatable bonds is 10. The Hall–Kier alpha value is -4.86. The smallest absolute Gasteiger partial charge is 0.329 e. The van der Waals surface area contributed by atoms with Gasteiger partial charge in [0.05, 0.1) is 25.6 Å². The summed E-state index contributed by atoms with van der Waals surface area (Å²) in [5, 5.41) is 9.13. The molecule has 0 heterocycles. The Morgan fingerprint density at radius 3 is 2.27 bits per heavy atom. The first kappa shape index (κ1) is 26.7. The number of ether oxygens (including phenoxy) is 3. The van der Waals surface area contributed by atoms with Crippen molar-refractivity contribution in [2.45, 2.75) is 13.8 Å². The summed E-state index contributed by atoms with van der Waals surface area (Å²) in [6.45, 7) is 3.82. The van der Waals surface area contributed by atoms with Crippen molar-refractivity contribution in [3.05, 3.63) is 77.9 Å². The van der Waals surface area contributed by atoms with E-state index in [2.05, 4.69) is 21.2 Å². The van der Waals surface area contributed by atoms with Crippen molar-refractivity contribution >= 4 is 35.3 Å². The van der Waals surface area contributed by atoms with Crippen molar-refractivity contribution in [3.63, 3.8) is 0 Å². The fourth-order valence-corrected chi connectivity index (χ4v) is 3.23. The standard InChI is InChI=1S/C27H28N4O6/c1-4-36-22-14-8-7-13-21(22)30-26(33)27(34)31-28-16-19-11-9-15-23(35-3)25(19)37-17-24(32)29-20-12-6-5-10-18(20)2/h5-16H,4,17H2,1-3H3,(H,29,32)(H,30,33)(H,31,34)/b28-16-. The van der Waals surface area contributed by atoms with Crippen molar-refractivity contribution < 1.29 is 28.6 Å². The SMILES string of the molecule is CCOc1ccccc1NC(=O)C(=O)N/N=C\c1cccc(OC)c1OCC(=O)Nc1ccccc1C. The second kappa shape index (κ2) is 13.3. The maximum atomic E-state index is 12.4. The van der Waals surface area contributed by atoms with Gasteiger partial charge in [-0.2, -0.15) is 5.10 Å². The molecule has 0 unspecified atom stereocenters. The maximum Gasteiger partial charge on any atom is 0.329 e. The molecule has 3 N–H and O–H groups in total. The molecule has 3 rings (SSSR count). The summed E-state index contributed by atoms with van der Waals surface area (Å²) in [5.41, 5.74) is 4.56. The first-order chi connectivity index (χ1) is 17.9. The largest absolute Gasteiger partial charge is 0.493 e. The van der Waals surface area contributed by atoms with E-state index in [0.717, 1.165) is 5.56 Å². The van der Waals surface area contributed by atoms with Gasteiger partial charge in [-0.3, -0.25) is 14.4 Å². The molecule has 3 aromatic rings. The molecular formula is C27H28N4O6. The van der Waals surface area contributed by atoms with Crippen molar-refractivity contribution in [2.75, 3.05) is 31.0 Å². The number of carbonyl (C=O) groups excluding carboxylic acids is 3. The Morgan fingerprint density at radius 1 is 0.838 bits per heavy atom. The highest BCUT2D eigenvalue weighted by molar-refractivity contribution is 6.39. The molecule has 0 atom stereocenters. The predicted octanol–water partition coefficient (Wildman–Crippen LogP) is 3.51. The zero-order valence-corrected chi connectivity index (χ0v) is 20.7. The van der Waals surface area contributed by atoms with E-state index < -0.39 is 11.8 Å². The zero-order chi connectivity index (χ0) is 26.6. The number of methoxy groups -OCH3 is 1. The van der Waals surface area contributed by atoms with Crippen LogP contribution in [-0.2, 0) is 14.4 Å². The Kier molecular flexibility index (Phi) is 9.60. The molecule has 0 aromatic heterocycles. The Labute approximate surface area is 214 Å². The molecule has 0 aliphatic rings. The minimum absolute atomic E-state index is 0.248. The van der Waals surface area contributed by atoms with Gasteiger partial charge in [-0.05, 0) is 49.7 Å². The minimum Gasteiger partial charge on any atom is -0.493 e. The highest BCUT2D eigenvalue weighted by Crippen LogP contribution is 2.30. The van der Waals surface area contributed by atoms with Gasteiger partial charge >= 0.3 is 11.8 Å². The van der Waals surface area contributed by atoms with E-state index >= 15 is 0 Å². The Morgan fingerprint density at radius 2 is 1.54 bits per heavy atom. The van der Waals surface area contributed by atoms with E-state index in [-0.39, 0.29) is 18.3 Å². The molecule has 37 heavy (non-hydrogen) atoms. The molecule has 10 heteroatoms. The van der Waals surface area contributed by atoms with E-state index in [1.165, 1.54) is 13.3 Å². The number of benzene rings is 3. The molecule has 0 saturated heterocycles. The number of nitrogens with zero attached hydrogens (tertiary/aromatic N) is 1. The maximum absolute atomic E-state index is 12.4. The molecule has 3 amide bonds. The van der Waals surface area contributed by atoms with Crippen LogP contribution in [0.2, 0.25) is 0 Å². The van der Waals surface area contributed by atoms with Gasteiger partial charge < -0.3 is 24.8 Å². The van der Waals surface area contributed by atoms with Gasteiger partial charge in [0.1, 0.15) is 5.75 Å². The summed E-state index contributed by atoms with van der Waals surface area (Å²) in [6, 6.07) is 19.2. The minimum atomic E-state index is -0.981. The van der Waals surface area contributed by atoms with Gasteiger partial charge in [0, 0.05) is 11.3 Å². The van der Waals surface area contributed by atoms with Crippen LogP contribution >= 0.6 is 0 Å². The molecule has 0 saturated carbocycles. The molecule has 0 bridgehead atoms. The summed E-state index contributed by atoms with van der Waals surface area (Å²) in [5.74, 6) is -1.20. The lowest BCUT2D eigenvalue weighted by molar-refractivity contribution is -0.136.